The molecule has 0 N–H and O–H groups in total. The van der Waals surface area contributed by atoms with Crippen molar-refractivity contribution in [2.24, 2.45) is 9.98 Å². The van der Waals surface area contributed by atoms with Crippen LogP contribution in [0.25, 0.3) is 87.6 Å². The third-order valence-corrected chi connectivity index (χ3v) is 13.4. The standard InChI is InChI=1S/C60H42F4N2O2.CO.Ru/c61-47-21-11-22-48(62)55(47)45-29-27-35-13-1-5-17-41(35)53(45)57-43-19-7-3-15-37(43)31-39(59(57)67)33-65-51-25-9-10-26-52(51)66-34-40-32-38-16-4-8-20-44(38)58(60(40)68)54-42-18-6-2-14-36(42)28-30-46(54)56-49(63)23-12-24-50(56)64;1-2;/h1-8,11-24,27-34,51-52,67-68H,9-10,25-26H2;;/q;;+2/p-2/t51-,52-;;/m1../s1. The minimum absolute atomic E-state index is 0. The summed E-state index contributed by atoms with van der Waals surface area (Å²) >= 11 is 0. The maximum absolute atomic E-state index is 15.6. The zero-order chi connectivity index (χ0) is 48.5. The summed E-state index contributed by atoms with van der Waals surface area (Å²) < 4.78 is 70.0. The quantitative estimate of drug-likeness (QED) is 0.0499. The van der Waals surface area contributed by atoms with Crippen LogP contribution in [-0.4, -0.2) is 24.5 Å². The molecule has 348 valence electrons. The third kappa shape index (κ3) is 8.91. The SMILES string of the molecule is [C-]#[O+].[O-]c1c(C=N[C@@H]2CCCC[C@H]2N=Cc2cc3ccccc3c(-c3c(-c4c(F)cccc4F)ccc4ccccc34)c2[O-])cc2ccccc2c1-c1c(-c2c(F)cccc2F)ccc2ccccc12.[Ru+2]. The minimum atomic E-state index is -0.736. The second kappa shape index (κ2) is 20.7. The van der Waals surface area contributed by atoms with Crippen LogP contribution in [0, 0.1) is 29.9 Å². The van der Waals surface area contributed by atoms with E-state index in [0.717, 1.165) is 34.4 Å². The summed E-state index contributed by atoms with van der Waals surface area (Å²) in [7, 11) is 0. The molecule has 0 aromatic heterocycles. The Hall–Kier alpha value is -7.74. The van der Waals surface area contributed by atoms with Crippen LogP contribution in [0.15, 0.2) is 180 Å². The molecule has 5 nitrogen and oxygen atoms in total. The molecule has 1 aliphatic carbocycles. The molecular formula is C61H40F4N2O3Ru. The Morgan fingerprint density at radius 1 is 0.408 bits per heavy atom. The molecule has 2 atom stereocenters. The fraction of sp³-hybridized carbons (Fsp3) is 0.0984. The normalized spacial score (nSPS) is 14.8. The number of hydrogen-bond donors (Lipinski definition) is 0. The molecule has 0 saturated heterocycles. The fourth-order valence-electron chi connectivity index (χ4n) is 10.2. The van der Waals surface area contributed by atoms with E-state index in [1.54, 1.807) is 36.7 Å². The Balaban J connectivity index is 0.00000206. The van der Waals surface area contributed by atoms with Gasteiger partial charge in [-0.05, 0) is 137 Å². The molecule has 0 amide bonds. The van der Waals surface area contributed by atoms with E-state index in [-0.39, 0.29) is 65.3 Å². The van der Waals surface area contributed by atoms with Crippen molar-refractivity contribution in [2.75, 3.05) is 0 Å². The van der Waals surface area contributed by atoms with E-state index in [1.165, 1.54) is 36.4 Å². The molecule has 0 spiro atoms. The molecule has 1 saturated carbocycles. The predicted molar refractivity (Wildman–Crippen MR) is 269 cm³/mol. The van der Waals surface area contributed by atoms with Crippen molar-refractivity contribution in [1.29, 1.82) is 0 Å². The number of hydrogen-bond acceptors (Lipinski definition) is 4. The zero-order valence-electron chi connectivity index (χ0n) is 37.8. The van der Waals surface area contributed by atoms with E-state index >= 15 is 17.6 Å². The number of nitrogens with zero attached hydrogens (tertiary/aromatic N) is 2. The first-order chi connectivity index (χ1) is 34.2. The van der Waals surface area contributed by atoms with Crippen LogP contribution in [0.1, 0.15) is 36.8 Å². The largest absolute Gasteiger partial charge is 2.00 e. The van der Waals surface area contributed by atoms with Crippen LogP contribution in [0.5, 0.6) is 11.5 Å². The van der Waals surface area contributed by atoms with Gasteiger partial charge < -0.3 is 10.2 Å². The van der Waals surface area contributed by atoms with Crippen LogP contribution in [0.3, 0.4) is 0 Å². The van der Waals surface area contributed by atoms with Gasteiger partial charge in [0.25, 0.3) is 0 Å². The molecule has 0 bridgehead atoms. The Morgan fingerprint density at radius 2 is 0.732 bits per heavy atom. The summed E-state index contributed by atoms with van der Waals surface area (Å²) in [5.74, 6) is -3.61. The second-order valence-corrected chi connectivity index (χ2v) is 17.4. The van der Waals surface area contributed by atoms with E-state index in [2.05, 4.69) is 6.65 Å². The van der Waals surface area contributed by atoms with Gasteiger partial charge in [-0.2, -0.15) is 0 Å². The predicted octanol–water partition coefficient (Wildman–Crippen LogP) is 14.5. The number of halogens is 4. The Morgan fingerprint density at radius 3 is 1.10 bits per heavy atom. The van der Waals surface area contributed by atoms with Crippen molar-refractivity contribution < 1.29 is 51.9 Å². The maximum Gasteiger partial charge on any atom is 2.00 e. The molecule has 0 radical (unpaired) electrons. The van der Waals surface area contributed by atoms with Crippen LogP contribution in [0.4, 0.5) is 17.6 Å². The fourth-order valence-corrected chi connectivity index (χ4v) is 10.2. The van der Waals surface area contributed by atoms with Gasteiger partial charge in [0.15, 0.2) is 0 Å². The van der Waals surface area contributed by atoms with E-state index in [9.17, 15) is 10.2 Å². The summed E-state index contributed by atoms with van der Waals surface area (Å²) in [6, 6.07) is 47.4. The van der Waals surface area contributed by atoms with Crippen LogP contribution in [0.2, 0.25) is 0 Å². The van der Waals surface area contributed by atoms with Crippen LogP contribution >= 0.6 is 0 Å². The van der Waals surface area contributed by atoms with Gasteiger partial charge in [-0.3, -0.25) is 9.98 Å². The molecule has 0 heterocycles. The van der Waals surface area contributed by atoms with Gasteiger partial charge >= 0.3 is 30.8 Å². The monoisotopic (exact) mass is 1030 g/mol. The number of fused-ring (bicyclic) bond motifs is 4. The zero-order valence-corrected chi connectivity index (χ0v) is 39.5. The van der Waals surface area contributed by atoms with Crippen molar-refractivity contribution in [2.45, 2.75) is 37.8 Å². The Bertz CT molecular complexity index is 3480. The Kier molecular flexibility index (Phi) is 14.1. The molecule has 10 heteroatoms. The van der Waals surface area contributed by atoms with Gasteiger partial charge in [0, 0.05) is 12.4 Å². The van der Waals surface area contributed by atoms with Crippen molar-refractivity contribution in [3.63, 3.8) is 0 Å². The van der Waals surface area contributed by atoms with Crippen molar-refractivity contribution in [3.8, 4) is 56.0 Å². The van der Waals surface area contributed by atoms with Gasteiger partial charge in [0.1, 0.15) is 23.3 Å². The molecule has 1 aliphatic rings. The number of rotatable bonds is 8. The molecule has 71 heavy (non-hydrogen) atoms. The first-order valence-corrected chi connectivity index (χ1v) is 22.9. The molecule has 10 aromatic carbocycles. The van der Waals surface area contributed by atoms with Crippen molar-refractivity contribution in [3.05, 3.63) is 211 Å². The summed E-state index contributed by atoms with van der Waals surface area (Å²) in [5.41, 5.74) is 2.24. The average molecular weight is 1030 g/mol. The van der Waals surface area contributed by atoms with Gasteiger partial charge in [0.2, 0.25) is 0 Å². The van der Waals surface area contributed by atoms with Crippen LogP contribution < -0.4 is 10.2 Å². The molecular weight excluding hydrogens is 986 g/mol. The first kappa shape index (κ1) is 48.3. The van der Waals surface area contributed by atoms with E-state index in [1.807, 2.05) is 109 Å². The summed E-state index contributed by atoms with van der Waals surface area (Å²) in [6.45, 7) is 4.50. The van der Waals surface area contributed by atoms with E-state index in [0.29, 0.717) is 67.8 Å². The summed E-state index contributed by atoms with van der Waals surface area (Å²) in [4.78, 5) is 10.1. The van der Waals surface area contributed by atoms with Gasteiger partial charge in [0.05, 0.1) is 23.2 Å². The second-order valence-electron chi connectivity index (χ2n) is 17.4. The molecule has 0 aliphatic heterocycles. The smallest absolute Gasteiger partial charge is 0.872 e. The number of benzene rings is 10. The van der Waals surface area contributed by atoms with E-state index in [4.69, 9.17) is 14.6 Å². The number of aliphatic imine (C=N–C) groups is 2. The molecule has 11 rings (SSSR count). The van der Waals surface area contributed by atoms with Gasteiger partial charge in [-0.25, -0.2) is 17.6 Å². The van der Waals surface area contributed by atoms with Gasteiger partial charge in [-0.15, -0.1) is 0 Å². The molecule has 10 aromatic rings. The first-order valence-electron chi connectivity index (χ1n) is 22.9. The minimum Gasteiger partial charge on any atom is -0.872 e. The Labute approximate surface area is 420 Å². The van der Waals surface area contributed by atoms with Crippen molar-refractivity contribution in [1.82, 2.24) is 0 Å². The topological polar surface area (TPSA) is 90.7 Å². The molecule has 1 fully saturated rings. The average Bonchev–Trinajstić information content (AvgIpc) is 3.38. The summed E-state index contributed by atoms with van der Waals surface area (Å²) in [6.07, 6.45) is 6.35. The molecule has 0 unspecified atom stereocenters. The summed E-state index contributed by atoms with van der Waals surface area (Å²) in [5, 5.41) is 35.8. The third-order valence-electron chi connectivity index (χ3n) is 13.4. The maximum atomic E-state index is 15.6. The van der Waals surface area contributed by atoms with Crippen molar-refractivity contribution >= 4 is 55.5 Å². The van der Waals surface area contributed by atoms with Gasteiger partial charge in [-0.1, -0.05) is 158 Å². The van der Waals surface area contributed by atoms with Crippen LogP contribution in [-0.2, 0) is 24.1 Å². The van der Waals surface area contributed by atoms with E-state index < -0.39 is 23.3 Å².